The van der Waals surface area contributed by atoms with Crippen LogP contribution in [0.15, 0.2) is 42.6 Å². The summed E-state index contributed by atoms with van der Waals surface area (Å²) in [5.74, 6) is 0.0602. The molecule has 1 aliphatic rings. The molecule has 1 aromatic carbocycles. The SMILES string of the molecule is CCCCOc1ccc(NC(=O)C2(c3ccccc3F)CCCC2)cn1. The second kappa shape index (κ2) is 8.30. The Morgan fingerprint density at radius 2 is 2.00 bits per heavy atom. The van der Waals surface area contributed by atoms with Crippen LogP contribution in [0.1, 0.15) is 51.0 Å². The molecule has 0 radical (unpaired) electrons. The van der Waals surface area contributed by atoms with E-state index in [4.69, 9.17) is 4.74 Å². The summed E-state index contributed by atoms with van der Waals surface area (Å²) in [7, 11) is 0. The van der Waals surface area contributed by atoms with Crippen LogP contribution in [-0.4, -0.2) is 17.5 Å². The van der Waals surface area contributed by atoms with E-state index in [1.54, 1.807) is 36.5 Å². The van der Waals surface area contributed by atoms with E-state index in [0.717, 1.165) is 25.7 Å². The van der Waals surface area contributed by atoms with Crippen molar-refractivity contribution in [2.75, 3.05) is 11.9 Å². The van der Waals surface area contributed by atoms with Crippen molar-refractivity contribution in [3.8, 4) is 5.88 Å². The highest BCUT2D eigenvalue weighted by Crippen LogP contribution is 2.43. The number of hydrogen-bond donors (Lipinski definition) is 1. The van der Waals surface area contributed by atoms with Crippen molar-refractivity contribution in [1.82, 2.24) is 4.98 Å². The zero-order valence-corrected chi connectivity index (χ0v) is 15.1. The van der Waals surface area contributed by atoms with Crippen molar-refractivity contribution in [3.05, 3.63) is 54.0 Å². The van der Waals surface area contributed by atoms with E-state index in [1.807, 2.05) is 0 Å². The Morgan fingerprint density at radius 3 is 2.65 bits per heavy atom. The van der Waals surface area contributed by atoms with Gasteiger partial charge in [0.15, 0.2) is 0 Å². The molecule has 0 bridgehead atoms. The van der Waals surface area contributed by atoms with Gasteiger partial charge in [0.05, 0.1) is 23.9 Å². The summed E-state index contributed by atoms with van der Waals surface area (Å²) < 4.78 is 19.9. The van der Waals surface area contributed by atoms with Crippen LogP contribution in [0, 0.1) is 5.82 Å². The summed E-state index contributed by atoms with van der Waals surface area (Å²) >= 11 is 0. The number of carbonyl (C=O) groups is 1. The van der Waals surface area contributed by atoms with Gasteiger partial charge in [-0.1, -0.05) is 44.4 Å². The van der Waals surface area contributed by atoms with E-state index in [2.05, 4.69) is 17.2 Å². The van der Waals surface area contributed by atoms with Crippen molar-refractivity contribution in [1.29, 1.82) is 0 Å². The van der Waals surface area contributed by atoms with E-state index < -0.39 is 5.41 Å². The van der Waals surface area contributed by atoms with Crippen LogP contribution < -0.4 is 10.1 Å². The number of benzene rings is 1. The van der Waals surface area contributed by atoms with Gasteiger partial charge in [-0.3, -0.25) is 4.79 Å². The van der Waals surface area contributed by atoms with Crippen LogP contribution in [0.2, 0.25) is 0 Å². The fourth-order valence-electron chi connectivity index (χ4n) is 3.56. The van der Waals surface area contributed by atoms with E-state index in [0.29, 0.717) is 36.6 Å². The smallest absolute Gasteiger partial charge is 0.235 e. The molecule has 138 valence electrons. The number of ether oxygens (including phenoxy) is 1. The molecule has 4 nitrogen and oxygen atoms in total. The van der Waals surface area contributed by atoms with Crippen molar-refractivity contribution < 1.29 is 13.9 Å². The molecule has 5 heteroatoms. The molecule has 1 aliphatic carbocycles. The minimum Gasteiger partial charge on any atom is -0.478 e. The number of hydrogen-bond acceptors (Lipinski definition) is 3. The number of nitrogens with zero attached hydrogens (tertiary/aromatic N) is 1. The lowest BCUT2D eigenvalue weighted by atomic mass is 9.77. The average molecular weight is 356 g/mol. The van der Waals surface area contributed by atoms with Crippen LogP contribution >= 0.6 is 0 Å². The van der Waals surface area contributed by atoms with Crippen molar-refractivity contribution >= 4 is 11.6 Å². The van der Waals surface area contributed by atoms with Gasteiger partial charge in [0.2, 0.25) is 11.8 Å². The Kier molecular flexibility index (Phi) is 5.86. The number of pyridine rings is 1. The normalized spacial score (nSPS) is 15.6. The van der Waals surface area contributed by atoms with E-state index >= 15 is 0 Å². The Hall–Kier alpha value is -2.43. The first-order valence-electron chi connectivity index (χ1n) is 9.31. The fraction of sp³-hybridized carbons (Fsp3) is 0.429. The van der Waals surface area contributed by atoms with Gasteiger partial charge >= 0.3 is 0 Å². The number of rotatable bonds is 7. The van der Waals surface area contributed by atoms with Gasteiger partial charge in [0.1, 0.15) is 5.82 Å². The number of carbonyl (C=O) groups excluding carboxylic acids is 1. The first-order valence-corrected chi connectivity index (χ1v) is 9.31. The highest BCUT2D eigenvalue weighted by Gasteiger charge is 2.44. The maximum absolute atomic E-state index is 14.4. The number of amides is 1. The van der Waals surface area contributed by atoms with Gasteiger partial charge < -0.3 is 10.1 Å². The highest BCUT2D eigenvalue weighted by molar-refractivity contribution is 5.99. The molecular formula is C21H25FN2O2. The number of halogens is 1. The number of anilines is 1. The molecular weight excluding hydrogens is 331 g/mol. The quantitative estimate of drug-likeness (QED) is 0.722. The van der Waals surface area contributed by atoms with E-state index in [9.17, 15) is 9.18 Å². The Morgan fingerprint density at radius 1 is 1.23 bits per heavy atom. The molecule has 1 amide bonds. The second-order valence-corrected chi connectivity index (χ2v) is 6.81. The van der Waals surface area contributed by atoms with Crippen LogP contribution in [0.3, 0.4) is 0 Å². The zero-order chi connectivity index (χ0) is 18.4. The molecule has 0 atom stereocenters. The van der Waals surface area contributed by atoms with E-state index in [-0.39, 0.29) is 11.7 Å². The van der Waals surface area contributed by atoms with Gasteiger partial charge in [-0.2, -0.15) is 0 Å². The molecule has 0 aliphatic heterocycles. The molecule has 1 N–H and O–H groups in total. The predicted octanol–water partition coefficient (Wildman–Crippen LogP) is 4.85. The third-order valence-electron chi connectivity index (χ3n) is 5.02. The summed E-state index contributed by atoms with van der Waals surface area (Å²) in [5, 5.41) is 2.92. The van der Waals surface area contributed by atoms with Crippen molar-refractivity contribution in [2.45, 2.75) is 50.9 Å². The number of aromatic nitrogens is 1. The van der Waals surface area contributed by atoms with Crippen LogP contribution in [0.4, 0.5) is 10.1 Å². The summed E-state index contributed by atoms with van der Waals surface area (Å²) in [6, 6.07) is 10.1. The number of unbranched alkanes of at least 4 members (excludes halogenated alkanes) is 1. The number of nitrogens with one attached hydrogen (secondary N) is 1. The first-order chi connectivity index (χ1) is 12.7. The van der Waals surface area contributed by atoms with E-state index in [1.165, 1.54) is 6.07 Å². The standard InChI is InChI=1S/C21H25FN2O2/c1-2-3-14-26-19-11-10-16(15-23-19)24-20(25)21(12-6-7-13-21)17-8-4-5-9-18(17)22/h4-5,8-11,15H,2-3,6-7,12-14H2,1H3,(H,24,25). The zero-order valence-electron chi connectivity index (χ0n) is 15.1. The summed E-state index contributed by atoms with van der Waals surface area (Å²) in [6.07, 6.45) is 6.78. The van der Waals surface area contributed by atoms with Crippen LogP contribution in [0.5, 0.6) is 5.88 Å². The molecule has 1 heterocycles. The third kappa shape index (κ3) is 3.87. The molecule has 26 heavy (non-hydrogen) atoms. The topological polar surface area (TPSA) is 51.2 Å². The fourth-order valence-corrected chi connectivity index (χ4v) is 3.56. The largest absolute Gasteiger partial charge is 0.478 e. The monoisotopic (exact) mass is 356 g/mol. The lowest BCUT2D eigenvalue weighted by molar-refractivity contribution is -0.121. The third-order valence-corrected chi connectivity index (χ3v) is 5.02. The van der Waals surface area contributed by atoms with Gasteiger partial charge in [-0.25, -0.2) is 9.37 Å². The maximum Gasteiger partial charge on any atom is 0.235 e. The molecule has 1 aromatic heterocycles. The molecule has 0 spiro atoms. The first kappa shape index (κ1) is 18.4. The second-order valence-electron chi connectivity index (χ2n) is 6.81. The Balaban J connectivity index is 1.74. The maximum atomic E-state index is 14.4. The van der Waals surface area contributed by atoms with Crippen LogP contribution in [0.25, 0.3) is 0 Å². The van der Waals surface area contributed by atoms with Crippen molar-refractivity contribution in [3.63, 3.8) is 0 Å². The lowest BCUT2D eigenvalue weighted by Gasteiger charge is -2.28. The minimum atomic E-state index is -0.804. The Labute approximate surface area is 153 Å². The van der Waals surface area contributed by atoms with Gasteiger partial charge in [-0.05, 0) is 31.4 Å². The summed E-state index contributed by atoms with van der Waals surface area (Å²) in [6.45, 7) is 2.73. The van der Waals surface area contributed by atoms with Gasteiger partial charge in [0, 0.05) is 11.6 Å². The lowest BCUT2D eigenvalue weighted by Crippen LogP contribution is -2.38. The summed E-state index contributed by atoms with van der Waals surface area (Å²) in [5.41, 5.74) is 0.282. The molecule has 1 fully saturated rings. The summed E-state index contributed by atoms with van der Waals surface area (Å²) in [4.78, 5) is 17.3. The van der Waals surface area contributed by atoms with Crippen molar-refractivity contribution in [2.24, 2.45) is 0 Å². The minimum absolute atomic E-state index is 0.165. The Bertz CT molecular complexity index is 740. The highest BCUT2D eigenvalue weighted by atomic mass is 19.1. The molecule has 0 saturated heterocycles. The van der Waals surface area contributed by atoms with Gasteiger partial charge in [-0.15, -0.1) is 0 Å². The molecule has 2 aromatic rings. The van der Waals surface area contributed by atoms with Gasteiger partial charge in [0.25, 0.3) is 0 Å². The molecule has 1 saturated carbocycles. The molecule has 3 rings (SSSR count). The average Bonchev–Trinajstić information content (AvgIpc) is 3.15. The van der Waals surface area contributed by atoms with Crippen LogP contribution in [-0.2, 0) is 10.2 Å². The predicted molar refractivity (Wildman–Crippen MR) is 99.8 cm³/mol. The molecule has 0 unspecified atom stereocenters.